The first kappa shape index (κ1) is 17.0. The average Bonchev–Trinajstić information content (AvgIpc) is 2.46. The van der Waals surface area contributed by atoms with E-state index in [0.717, 1.165) is 31.8 Å². The molecule has 1 heterocycles. The van der Waals surface area contributed by atoms with Gasteiger partial charge in [0, 0.05) is 31.5 Å². The molecule has 22 heavy (non-hydrogen) atoms. The number of sulfone groups is 1. The fraction of sp³-hybridized carbons (Fsp3) is 0.562. The summed E-state index contributed by atoms with van der Waals surface area (Å²) in [6.07, 6.45) is 3.63. The monoisotopic (exact) mass is 324 g/mol. The Morgan fingerprint density at radius 2 is 2.18 bits per heavy atom. The second-order valence-electron chi connectivity index (χ2n) is 6.10. The zero-order valence-corrected chi connectivity index (χ0v) is 14.0. The molecule has 1 atom stereocenters. The van der Waals surface area contributed by atoms with Gasteiger partial charge in [-0.05, 0) is 43.5 Å². The van der Waals surface area contributed by atoms with E-state index in [-0.39, 0.29) is 10.8 Å². The zero-order valence-electron chi connectivity index (χ0n) is 13.2. The van der Waals surface area contributed by atoms with Crippen LogP contribution in [0.25, 0.3) is 0 Å². The van der Waals surface area contributed by atoms with Gasteiger partial charge >= 0.3 is 0 Å². The third kappa shape index (κ3) is 4.81. The van der Waals surface area contributed by atoms with Crippen LogP contribution in [0.15, 0.2) is 29.2 Å². The van der Waals surface area contributed by atoms with Crippen molar-refractivity contribution in [1.29, 1.82) is 0 Å². The van der Waals surface area contributed by atoms with Gasteiger partial charge in [0.05, 0.1) is 4.90 Å². The Morgan fingerprint density at radius 1 is 1.41 bits per heavy atom. The van der Waals surface area contributed by atoms with Gasteiger partial charge in [0.15, 0.2) is 9.84 Å². The number of benzene rings is 1. The van der Waals surface area contributed by atoms with Gasteiger partial charge < -0.3 is 10.2 Å². The van der Waals surface area contributed by atoms with Crippen molar-refractivity contribution in [3.8, 4) is 0 Å². The van der Waals surface area contributed by atoms with Crippen LogP contribution in [0.4, 0.5) is 0 Å². The summed E-state index contributed by atoms with van der Waals surface area (Å²) in [7, 11) is -3.29. The van der Waals surface area contributed by atoms with Crippen molar-refractivity contribution in [2.24, 2.45) is 5.92 Å². The third-order valence-corrected chi connectivity index (χ3v) is 5.09. The summed E-state index contributed by atoms with van der Waals surface area (Å²) < 4.78 is 23.0. The zero-order chi connectivity index (χ0) is 16.2. The van der Waals surface area contributed by atoms with Crippen molar-refractivity contribution < 1.29 is 13.2 Å². The van der Waals surface area contributed by atoms with E-state index in [1.165, 1.54) is 25.0 Å². The molecule has 122 valence electrons. The molecule has 2 rings (SSSR count). The number of hydrogen-bond donors (Lipinski definition) is 1. The van der Waals surface area contributed by atoms with Gasteiger partial charge in [0.2, 0.25) is 0 Å². The molecule has 1 aliphatic rings. The van der Waals surface area contributed by atoms with Gasteiger partial charge in [-0.1, -0.05) is 13.0 Å². The first-order valence-corrected chi connectivity index (χ1v) is 9.56. The number of piperidine rings is 1. The van der Waals surface area contributed by atoms with Crippen molar-refractivity contribution in [1.82, 2.24) is 10.2 Å². The number of likely N-dealkylation sites (tertiary alicyclic amines) is 1. The van der Waals surface area contributed by atoms with Gasteiger partial charge in [-0.2, -0.15) is 0 Å². The number of amides is 1. The lowest BCUT2D eigenvalue weighted by Crippen LogP contribution is -2.40. The van der Waals surface area contributed by atoms with E-state index in [2.05, 4.69) is 17.1 Å². The molecule has 1 amide bonds. The second-order valence-corrected chi connectivity index (χ2v) is 8.12. The van der Waals surface area contributed by atoms with Crippen LogP contribution >= 0.6 is 0 Å². The number of carbonyl (C=O) groups is 1. The van der Waals surface area contributed by atoms with E-state index in [4.69, 9.17) is 0 Å². The van der Waals surface area contributed by atoms with E-state index in [1.54, 1.807) is 12.1 Å². The Morgan fingerprint density at radius 3 is 2.86 bits per heavy atom. The van der Waals surface area contributed by atoms with Crippen molar-refractivity contribution in [3.05, 3.63) is 29.8 Å². The minimum atomic E-state index is -3.29. The van der Waals surface area contributed by atoms with Gasteiger partial charge in [-0.25, -0.2) is 8.42 Å². The third-order valence-electron chi connectivity index (χ3n) is 3.98. The maximum absolute atomic E-state index is 12.1. The predicted molar refractivity (Wildman–Crippen MR) is 86.7 cm³/mol. The fourth-order valence-corrected chi connectivity index (χ4v) is 3.45. The van der Waals surface area contributed by atoms with Crippen molar-refractivity contribution in [2.45, 2.75) is 24.7 Å². The summed E-state index contributed by atoms with van der Waals surface area (Å²) in [5.74, 6) is 0.492. The maximum Gasteiger partial charge on any atom is 0.251 e. The number of carbonyl (C=O) groups excluding carboxylic acids is 1. The minimum absolute atomic E-state index is 0.171. The Balaban J connectivity index is 1.87. The van der Waals surface area contributed by atoms with Gasteiger partial charge in [0.25, 0.3) is 5.91 Å². The van der Waals surface area contributed by atoms with Crippen LogP contribution in [0, 0.1) is 5.92 Å². The summed E-state index contributed by atoms with van der Waals surface area (Å²) in [4.78, 5) is 14.6. The standard InChI is InChI=1S/C16H24N2O3S/c1-13-5-4-9-18(12-13)10-8-17-16(19)14-6-3-7-15(11-14)22(2,20)21/h3,6-7,11,13H,4-5,8-10,12H2,1-2H3,(H,17,19). The molecule has 1 unspecified atom stereocenters. The van der Waals surface area contributed by atoms with Gasteiger partial charge in [-0.15, -0.1) is 0 Å². The highest BCUT2D eigenvalue weighted by Crippen LogP contribution is 2.14. The van der Waals surface area contributed by atoms with Crippen molar-refractivity contribution in [3.63, 3.8) is 0 Å². The average molecular weight is 324 g/mol. The van der Waals surface area contributed by atoms with Crippen LogP contribution in [0.1, 0.15) is 30.1 Å². The molecule has 0 radical (unpaired) electrons. The van der Waals surface area contributed by atoms with Crippen LogP contribution in [0.3, 0.4) is 0 Å². The predicted octanol–water partition coefficient (Wildman–Crippen LogP) is 1.55. The Bertz CT molecular complexity index is 628. The molecule has 0 bridgehead atoms. The molecule has 1 aliphatic heterocycles. The molecule has 0 aromatic heterocycles. The lowest BCUT2D eigenvalue weighted by Gasteiger charge is -2.30. The fourth-order valence-electron chi connectivity index (χ4n) is 2.79. The lowest BCUT2D eigenvalue weighted by atomic mass is 10.0. The van der Waals surface area contributed by atoms with E-state index in [1.807, 2.05) is 0 Å². The minimum Gasteiger partial charge on any atom is -0.351 e. The van der Waals surface area contributed by atoms with Crippen LogP contribution < -0.4 is 5.32 Å². The molecule has 0 saturated carbocycles. The summed E-state index contributed by atoms with van der Waals surface area (Å²) in [5, 5.41) is 2.86. The highest BCUT2D eigenvalue weighted by atomic mass is 32.2. The molecule has 1 N–H and O–H groups in total. The van der Waals surface area contributed by atoms with Crippen LogP contribution in [-0.4, -0.2) is 51.7 Å². The first-order valence-electron chi connectivity index (χ1n) is 7.67. The molecular weight excluding hydrogens is 300 g/mol. The highest BCUT2D eigenvalue weighted by molar-refractivity contribution is 7.90. The van der Waals surface area contributed by atoms with E-state index < -0.39 is 9.84 Å². The van der Waals surface area contributed by atoms with Gasteiger partial charge in [-0.3, -0.25) is 4.79 Å². The normalized spacial score (nSPS) is 19.8. The Labute approximate surface area is 132 Å². The molecule has 0 aliphatic carbocycles. The van der Waals surface area contributed by atoms with Gasteiger partial charge in [0.1, 0.15) is 0 Å². The van der Waals surface area contributed by atoms with Crippen molar-refractivity contribution in [2.75, 3.05) is 32.4 Å². The van der Waals surface area contributed by atoms with Crippen molar-refractivity contribution >= 4 is 15.7 Å². The van der Waals surface area contributed by atoms with Crippen LogP contribution in [0.2, 0.25) is 0 Å². The smallest absolute Gasteiger partial charge is 0.251 e. The molecule has 0 spiro atoms. The van der Waals surface area contributed by atoms with Crippen LogP contribution in [0.5, 0.6) is 0 Å². The lowest BCUT2D eigenvalue weighted by molar-refractivity contribution is 0.0943. The Kier molecular flexibility index (Phi) is 5.58. The largest absolute Gasteiger partial charge is 0.351 e. The number of nitrogens with one attached hydrogen (secondary N) is 1. The molecule has 1 aromatic carbocycles. The van der Waals surface area contributed by atoms with E-state index in [0.29, 0.717) is 12.1 Å². The molecule has 1 fully saturated rings. The van der Waals surface area contributed by atoms with Crippen LogP contribution in [-0.2, 0) is 9.84 Å². The van der Waals surface area contributed by atoms with E-state index >= 15 is 0 Å². The summed E-state index contributed by atoms with van der Waals surface area (Å²) >= 11 is 0. The molecule has 6 heteroatoms. The number of hydrogen-bond acceptors (Lipinski definition) is 4. The molecule has 5 nitrogen and oxygen atoms in total. The first-order chi connectivity index (χ1) is 10.4. The Hall–Kier alpha value is -1.40. The summed E-state index contributed by atoms with van der Waals surface area (Å²) in [6.45, 7) is 5.83. The molecule has 1 aromatic rings. The molecular formula is C16H24N2O3S. The summed E-state index contributed by atoms with van der Waals surface area (Å²) in [6, 6.07) is 6.15. The highest BCUT2D eigenvalue weighted by Gasteiger charge is 2.16. The number of nitrogens with zero attached hydrogens (tertiary/aromatic N) is 1. The number of rotatable bonds is 5. The molecule has 1 saturated heterocycles. The summed E-state index contributed by atoms with van der Waals surface area (Å²) in [5.41, 5.74) is 0.384. The second kappa shape index (κ2) is 7.24. The maximum atomic E-state index is 12.1. The quantitative estimate of drug-likeness (QED) is 0.892. The van der Waals surface area contributed by atoms with E-state index in [9.17, 15) is 13.2 Å². The topological polar surface area (TPSA) is 66.5 Å². The SMILES string of the molecule is CC1CCCN(CCNC(=O)c2cccc(S(C)(=O)=O)c2)C1.